The number of likely N-dealkylation sites (N-methyl/N-ethyl adjacent to an activating group) is 3. The number of benzene rings is 1. The first-order valence-corrected chi connectivity index (χ1v) is 21.7. The number of aromatic nitrogens is 1. The van der Waals surface area contributed by atoms with Gasteiger partial charge in [-0.1, -0.05) is 71.9 Å². The van der Waals surface area contributed by atoms with Gasteiger partial charge in [0.25, 0.3) is 5.91 Å². The molecular weight excluding hydrogens is 829 g/mol. The Morgan fingerprint density at radius 2 is 1.52 bits per heavy atom. The molecule has 9 atom stereocenters. The lowest BCUT2D eigenvalue weighted by Crippen LogP contribution is -2.60. The molecule has 2 aromatic rings. The Morgan fingerprint density at radius 1 is 0.875 bits per heavy atom. The fraction of sp³-hybridized carbons (Fsp3) is 0.578. The van der Waals surface area contributed by atoms with E-state index in [0.29, 0.717) is 5.56 Å². The minimum Gasteiger partial charge on any atom is -0.505 e. The second kappa shape index (κ2) is 22.0. The van der Waals surface area contributed by atoms with Crippen LogP contribution >= 0.6 is 0 Å². The summed E-state index contributed by atoms with van der Waals surface area (Å²) in [5, 5.41) is 29.2. The van der Waals surface area contributed by atoms with Crippen molar-refractivity contribution in [3.63, 3.8) is 0 Å². The van der Waals surface area contributed by atoms with E-state index in [-0.39, 0.29) is 37.6 Å². The van der Waals surface area contributed by atoms with Crippen molar-refractivity contribution in [3.8, 4) is 5.75 Å². The van der Waals surface area contributed by atoms with Gasteiger partial charge in [0.2, 0.25) is 35.4 Å². The van der Waals surface area contributed by atoms with Crippen LogP contribution in [0, 0.1) is 17.8 Å². The lowest BCUT2D eigenvalue weighted by atomic mass is 9.88. The Hall–Kier alpha value is -6.11. The van der Waals surface area contributed by atoms with E-state index in [2.05, 4.69) is 20.9 Å². The number of nitrogens with zero attached hydrogens (tertiary/aromatic N) is 5. The summed E-state index contributed by atoms with van der Waals surface area (Å²) >= 11 is 0. The molecule has 7 amide bonds. The van der Waals surface area contributed by atoms with Crippen LogP contribution in [-0.4, -0.2) is 159 Å². The van der Waals surface area contributed by atoms with E-state index in [1.165, 1.54) is 51.3 Å². The number of aromatic hydroxyl groups is 1. The van der Waals surface area contributed by atoms with Crippen LogP contribution in [0.1, 0.15) is 89.8 Å². The van der Waals surface area contributed by atoms with Crippen molar-refractivity contribution in [1.29, 1.82) is 0 Å². The molecule has 2 aliphatic rings. The maximum absolute atomic E-state index is 14.5. The molecule has 3 heterocycles. The fourth-order valence-electron chi connectivity index (χ4n) is 7.99. The highest BCUT2D eigenvalue weighted by Crippen LogP contribution is 2.27. The van der Waals surface area contributed by atoms with E-state index in [1.54, 1.807) is 58.0 Å². The molecule has 1 aromatic heterocycles. The third-order valence-corrected chi connectivity index (χ3v) is 12.0. The lowest BCUT2D eigenvalue weighted by molar-refractivity contribution is -0.161. The smallest absolute Gasteiger partial charge is 0.333 e. The normalized spacial score (nSPS) is 26.8. The number of hydrogen-bond acceptors (Lipinski definition) is 12. The number of carbonyl (C=O) groups excluding carboxylic acids is 8. The van der Waals surface area contributed by atoms with Gasteiger partial charge in [-0.05, 0) is 55.2 Å². The Bertz CT molecular complexity index is 2030. The van der Waals surface area contributed by atoms with Crippen LogP contribution in [0.3, 0.4) is 0 Å². The number of pyridine rings is 1. The summed E-state index contributed by atoms with van der Waals surface area (Å²) in [5.74, 6) is -7.67. The first-order valence-electron chi connectivity index (χ1n) is 21.7. The maximum Gasteiger partial charge on any atom is 0.333 e. The number of fused-ring (bicyclic) bond motifs is 1. The van der Waals surface area contributed by atoms with Gasteiger partial charge in [-0.15, -0.1) is 0 Å². The van der Waals surface area contributed by atoms with E-state index in [9.17, 15) is 48.6 Å². The summed E-state index contributed by atoms with van der Waals surface area (Å²) in [7, 11) is 4.16. The number of hydrogen-bond donors (Lipinski definition) is 5. The van der Waals surface area contributed by atoms with Gasteiger partial charge in [0.1, 0.15) is 42.1 Å². The molecule has 64 heavy (non-hydrogen) atoms. The van der Waals surface area contributed by atoms with Gasteiger partial charge in [-0.2, -0.15) is 0 Å². The standard InChI is InChI=1S/C45H64N8O11/c1-11-30-42(60)52(10)38(28-16-13-12-14-17-28)45(63)64-27(7)35(49-40(58)36-33(55)18-15-19-46-36)39(57)48-31(20-24(2)3)43(61)53-22-29(54)21-32(53)44(62)50(8)23-34(56)51(9)37(41(59)47-30)26(6)25(4)5/h12-19,24-27,29-32,35,37-38,54-55H,11,20-23H2,1-10H3,(H,47,59)(H,48,57)(H,49,58)/t26-,27+,29-,30-,31-,32+,35-,37?,38-/m1/s1. The molecule has 350 valence electrons. The predicted octanol–water partition coefficient (Wildman–Crippen LogP) is 0.996. The fourth-order valence-corrected chi connectivity index (χ4v) is 7.99. The number of aliphatic hydroxyl groups is 1. The summed E-state index contributed by atoms with van der Waals surface area (Å²) in [6.45, 7) is 11.4. The minimum atomic E-state index is -1.74. The third-order valence-electron chi connectivity index (χ3n) is 12.0. The molecule has 0 bridgehead atoms. The van der Waals surface area contributed by atoms with Crippen molar-refractivity contribution in [2.75, 3.05) is 34.2 Å². The molecule has 0 saturated carbocycles. The van der Waals surface area contributed by atoms with Crippen LogP contribution in [0.4, 0.5) is 0 Å². The van der Waals surface area contributed by atoms with Crippen molar-refractivity contribution >= 4 is 47.3 Å². The maximum atomic E-state index is 14.5. The predicted molar refractivity (Wildman–Crippen MR) is 233 cm³/mol. The Kier molecular flexibility index (Phi) is 17.4. The zero-order chi connectivity index (χ0) is 47.7. The number of aliphatic hydroxyl groups excluding tert-OH is 1. The summed E-state index contributed by atoms with van der Waals surface area (Å²) in [6, 6.07) is 2.70. The summed E-state index contributed by atoms with van der Waals surface area (Å²) in [4.78, 5) is 122. The first kappa shape index (κ1) is 50.5. The number of amides is 7. The average molecular weight is 893 g/mol. The summed E-state index contributed by atoms with van der Waals surface area (Å²) in [5.41, 5.74) is -0.136. The van der Waals surface area contributed by atoms with Crippen LogP contribution in [0.15, 0.2) is 48.7 Å². The molecule has 0 spiro atoms. The van der Waals surface area contributed by atoms with Crippen LogP contribution in [0.25, 0.3) is 0 Å². The topological polar surface area (TPSA) is 248 Å². The van der Waals surface area contributed by atoms with Crippen molar-refractivity contribution in [2.45, 2.75) is 116 Å². The van der Waals surface area contributed by atoms with Gasteiger partial charge >= 0.3 is 5.97 Å². The van der Waals surface area contributed by atoms with Crippen LogP contribution in [0.5, 0.6) is 5.75 Å². The number of cyclic esters (lactones) is 1. The molecule has 0 radical (unpaired) electrons. The SMILES string of the molecule is CC[C@H]1NC(=O)C([C@H](C)C(C)C)N(C)C(=O)CN(C)C(=O)[C@@H]2C[C@@H](O)CN2C(=O)[C@@H](CC(C)C)NC(=O)[C@H](NC(=O)c2ncccc2O)[C@H](C)OC(=O)[C@@H](c2ccccc2)N(C)C1=O. The molecule has 1 unspecified atom stereocenters. The average Bonchev–Trinajstić information content (AvgIpc) is 3.64. The quantitative estimate of drug-likeness (QED) is 0.233. The zero-order valence-corrected chi connectivity index (χ0v) is 38.3. The van der Waals surface area contributed by atoms with Crippen molar-refractivity contribution in [1.82, 2.24) is 40.5 Å². The Labute approximate surface area is 374 Å². The van der Waals surface area contributed by atoms with Gasteiger partial charge in [-0.25, -0.2) is 9.78 Å². The van der Waals surface area contributed by atoms with E-state index >= 15 is 0 Å². The molecule has 2 fully saturated rings. The van der Waals surface area contributed by atoms with Crippen LogP contribution in [-0.2, 0) is 38.3 Å². The van der Waals surface area contributed by atoms with Gasteiger partial charge in [0, 0.05) is 40.3 Å². The largest absolute Gasteiger partial charge is 0.505 e. The number of rotatable bonds is 8. The molecule has 19 heteroatoms. The third kappa shape index (κ3) is 11.9. The van der Waals surface area contributed by atoms with E-state index < -0.39 is 120 Å². The van der Waals surface area contributed by atoms with Gasteiger partial charge in [0.15, 0.2) is 11.7 Å². The Balaban J connectivity index is 1.88. The van der Waals surface area contributed by atoms with E-state index in [4.69, 9.17) is 4.74 Å². The second-order valence-corrected chi connectivity index (χ2v) is 17.5. The second-order valence-electron chi connectivity index (χ2n) is 17.5. The number of ether oxygens (including phenoxy) is 1. The first-order chi connectivity index (χ1) is 30.1. The monoisotopic (exact) mass is 892 g/mol. The summed E-state index contributed by atoms with van der Waals surface area (Å²) in [6.07, 6.45) is -1.44. The molecule has 5 N–H and O–H groups in total. The highest BCUT2D eigenvalue weighted by Gasteiger charge is 2.45. The molecule has 2 aliphatic heterocycles. The molecule has 1 aromatic carbocycles. The van der Waals surface area contributed by atoms with E-state index in [1.807, 2.05) is 13.8 Å². The number of esters is 1. The molecule has 2 saturated heterocycles. The molecular formula is C45H64N8O11. The highest BCUT2D eigenvalue weighted by atomic mass is 16.5. The van der Waals surface area contributed by atoms with Gasteiger partial charge in [-0.3, -0.25) is 33.6 Å². The van der Waals surface area contributed by atoms with Crippen molar-refractivity contribution in [2.24, 2.45) is 17.8 Å². The lowest BCUT2D eigenvalue weighted by Gasteiger charge is -2.37. The van der Waals surface area contributed by atoms with E-state index in [0.717, 1.165) is 14.7 Å². The molecule has 19 nitrogen and oxygen atoms in total. The molecule has 4 rings (SSSR count). The summed E-state index contributed by atoms with van der Waals surface area (Å²) < 4.78 is 5.94. The van der Waals surface area contributed by atoms with Gasteiger partial charge in [0.05, 0.1) is 12.6 Å². The molecule has 0 aliphatic carbocycles. The Morgan fingerprint density at radius 3 is 2.11 bits per heavy atom. The minimum absolute atomic E-state index is 0.0339. The van der Waals surface area contributed by atoms with Gasteiger partial charge < -0.3 is 50.5 Å². The number of carbonyl (C=O) groups is 8. The van der Waals surface area contributed by atoms with Crippen LogP contribution < -0.4 is 16.0 Å². The highest BCUT2D eigenvalue weighted by molar-refractivity contribution is 6.00. The number of nitrogens with one attached hydrogen (secondary N) is 3. The van der Waals surface area contributed by atoms with Crippen molar-refractivity contribution in [3.05, 3.63) is 59.9 Å². The van der Waals surface area contributed by atoms with Crippen LogP contribution in [0.2, 0.25) is 0 Å². The zero-order valence-electron chi connectivity index (χ0n) is 38.3. The van der Waals surface area contributed by atoms with Crippen molar-refractivity contribution < 1.29 is 53.3 Å².